The van der Waals surface area contributed by atoms with E-state index in [0.29, 0.717) is 31.3 Å². The third-order valence-electron chi connectivity index (χ3n) is 5.27. The van der Waals surface area contributed by atoms with E-state index < -0.39 is 30.4 Å². The van der Waals surface area contributed by atoms with Crippen molar-refractivity contribution in [3.63, 3.8) is 0 Å². The highest BCUT2D eigenvalue weighted by atomic mass is 16.7. The molecule has 4 atom stereocenters. The van der Waals surface area contributed by atoms with Crippen molar-refractivity contribution in [2.45, 2.75) is 78.9 Å². The lowest BCUT2D eigenvalue weighted by atomic mass is 10.0. The van der Waals surface area contributed by atoms with Crippen molar-refractivity contribution in [1.29, 1.82) is 5.41 Å². The smallest absolute Gasteiger partial charge is 0.413 e. The summed E-state index contributed by atoms with van der Waals surface area (Å²) < 4.78 is 33.7. The molecule has 3 N–H and O–H groups in total. The average Bonchev–Trinajstić information content (AvgIpc) is 2.81. The van der Waals surface area contributed by atoms with E-state index in [4.69, 9.17) is 33.8 Å². The Morgan fingerprint density at radius 2 is 1.84 bits per heavy atom. The zero-order chi connectivity index (χ0) is 27.6. The molecule has 1 aliphatic rings. The molecule has 0 radical (unpaired) electrons. The van der Waals surface area contributed by atoms with Crippen LogP contribution in [0, 0.1) is 11.3 Å². The first-order valence-corrected chi connectivity index (χ1v) is 12.7. The number of carbonyl (C=O) groups excluding carboxylic acids is 1. The van der Waals surface area contributed by atoms with Crippen molar-refractivity contribution in [1.82, 2.24) is 10.2 Å². The lowest BCUT2D eigenvalue weighted by molar-refractivity contribution is -0.185. The number of para-hydroxylation sites is 2. The van der Waals surface area contributed by atoms with Crippen molar-refractivity contribution in [3.05, 3.63) is 24.3 Å². The van der Waals surface area contributed by atoms with Crippen LogP contribution in [0.15, 0.2) is 24.3 Å². The van der Waals surface area contributed by atoms with Crippen molar-refractivity contribution < 1.29 is 38.3 Å². The fourth-order valence-electron chi connectivity index (χ4n) is 3.60. The van der Waals surface area contributed by atoms with Gasteiger partial charge in [0.2, 0.25) is 18.6 Å². The summed E-state index contributed by atoms with van der Waals surface area (Å²) >= 11 is 0. The SMILES string of the molecule is CCOc1ccccc1OCC1CN(C(=O)OC(C)OC(=N)[C@@H](NC(O)OC(C)(C)C)C(C)C)CCO1. The number of nitrogens with zero attached hydrogens (tertiary/aromatic N) is 1. The molecule has 1 heterocycles. The third-order valence-corrected chi connectivity index (χ3v) is 5.27. The molecule has 37 heavy (non-hydrogen) atoms. The number of amides is 1. The Morgan fingerprint density at radius 3 is 2.43 bits per heavy atom. The fourth-order valence-corrected chi connectivity index (χ4v) is 3.60. The topological polar surface area (TPSA) is 132 Å². The summed E-state index contributed by atoms with van der Waals surface area (Å²) in [6.45, 7) is 14.4. The summed E-state index contributed by atoms with van der Waals surface area (Å²) in [5, 5.41) is 21.3. The molecule has 1 aromatic rings. The van der Waals surface area contributed by atoms with E-state index >= 15 is 0 Å². The molecule has 2 rings (SSSR count). The highest BCUT2D eigenvalue weighted by Crippen LogP contribution is 2.26. The summed E-state index contributed by atoms with van der Waals surface area (Å²) in [4.78, 5) is 14.3. The molecule has 11 nitrogen and oxygen atoms in total. The zero-order valence-corrected chi connectivity index (χ0v) is 23.0. The van der Waals surface area contributed by atoms with Gasteiger partial charge in [0.15, 0.2) is 11.5 Å². The van der Waals surface area contributed by atoms with Crippen LogP contribution in [0.5, 0.6) is 11.5 Å². The van der Waals surface area contributed by atoms with Gasteiger partial charge in [0, 0.05) is 13.5 Å². The van der Waals surface area contributed by atoms with Crippen LogP contribution in [0.4, 0.5) is 4.79 Å². The predicted molar refractivity (Wildman–Crippen MR) is 138 cm³/mol. The molecule has 3 unspecified atom stereocenters. The van der Waals surface area contributed by atoms with E-state index in [1.165, 1.54) is 11.8 Å². The summed E-state index contributed by atoms with van der Waals surface area (Å²) in [6.07, 6.45) is -3.22. The first-order valence-electron chi connectivity index (χ1n) is 12.7. The molecule has 210 valence electrons. The van der Waals surface area contributed by atoms with Gasteiger partial charge in [0.05, 0.1) is 31.4 Å². The Kier molecular flexibility index (Phi) is 11.9. The van der Waals surface area contributed by atoms with Crippen LogP contribution in [0.1, 0.15) is 48.5 Å². The normalized spacial score (nSPS) is 18.6. The maximum absolute atomic E-state index is 12.7. The molecule has 1 amide bonds. The largest absolute Gasteiger partial charge is 0.490 e. The van der Waals surface area contributed by atoms with E-state index in [0.717, 1.165) is 0 Å². The molecular weight excluding hydrogens is 482 g/mol. The maximum Gasteiger partial charge on any atom is 0.413 e. The van der Waals surface area contributed by atoms with Crippen LogP contribution in [-0.4, -0.2) is 85.4 Å². The zero-order valence-electron chi connectivity index (χ0n) is 23.0. The number of aliphatic hydroxyl groups is 1. The quantitative estimate of drug-likeness (QED) is 0.213. The first kappa shape index (κ1) is 30.6. The minimum absolute atomic E-state index is 0.0959. The number of hydrogen-bond donors (Lipinski definition) is 3. The Morgan fingerprint density at radius 1 is 1.19 bits per heavy atom. The Labute approximate surface area is 219 Å². The molecule has 1 aliphatic heterocycles. The van der Waals surface area contributed by atoms with Gasteiger partial charge in [0.25, 0.3) is 0 Å². The number of morpholine rings is 1. The second kappa shape index (κ2) is 14.4. The summed E-state index contributed by atoms with van der Waals surface area (Å²) in [6, 6.07) is 6.74. The van der Waals surface area contributed by atoms with Gasteiger partial charge in [-0.05, 0) is 45.7 Å². The molecule has 1 aromatic carbocycles. The average molecular weight is 526 g/mol. The minimum atomic E-state index is -1.29. The van der Waals surface area contributed by atoms with Crippen LogP contribution in [0.25, 0.3) is 0 Å². The number of benzene rings is 1. The van der Waals surface area contributed by atoms with Gasteiger partial charge in [-0.3, -0.25) is 10.7 Å². The standard InChI is InChI=1S/C26H43N3O8/c1-8-32-20-11-9-10-12-21(20)34-16-19-15-29(13-14-33-19)25(31)36-18(4)35-23(27)22(17(2)3)28-24(30)37-26(5,6)7/h9-12,17-19,22,24,27-28,30H,8,13-16H2,1-7H3/t18?,19?,22-,24?/m0/s1. The summed E-state index contributed by atoms with van der Waals surface area (Å²) in [7, 11) is 0. The van der Waals surface area contributed by atoms with Crippen molar-refractivity contribution in [3.8, 4) is 11.5 Å². The second-order valence-corrected chi connectivity index (χ2v) is 10.0. The molecule has 0 spiro atoms. The van der Waals surface area contributed by atoms with E-state index in [1.54, 1.807) is 0 Å². The molecule has 1 fully saturated rings. The van der Waals surface area contributed by atoms with Crippen LogP contribution >= 0.6 is 0 Å². The molecule has 0 aliphatic carbocycles. The van der Waals surface area contributed by atoms with E-state index in [1.807, 2.05) is 65.8 Å². The lowest BCUT2D eigenvalue weighted by Gasteiger charge is -2.33. The number of aliphatic hydroxyl groups excluding tert-OH is 1. The number of ether oxygens (including phenoxy) is 6. The number of nitrogens with one attached hydrogen (secondary N) is 2. The predicted octanol–water partition coefficient (Wildman–Crippen LogP) is 3.35. The highest BCUT2D eigenvalue weighted by Gasteiger charge is 2.30. The van der Waals surface area contributed by atoms with Crippen molar-refractivity contribution >= 4 is 12.0 Å². The van der Waals surface area contributed by atoms with Crippen molar-refractivity contribution in [2.24, 2.45) is 5.92 Å². The van der Waals surface area contributed by atoms with Crippen LogP contribution < -0.4 is 14.8 Å². The molecule has 0 aromatic heterocycles. The number of carbonyl (C=O) groups is 1. The van der Waals surface area contributed by atoms with Crippen molar-refractivity contribution in [2.75, 3.05) is 32.9 Å². The van der Waals surface area contributed by atoms with Crippen LogP contribution in [0.2, 0.25) is 0 Å². The van der Waals surface area contributed by atoms with Gasteiger partial charge in [-0.15, -0.1) is 0 Å². The molecule has 11 heteroatoms. The number of rotatable bonds is 12. The first-order chi connectivity index (χ1) is 17.4. The highest BCUT2D eigenvalue weighted by molar-refractivity contribution is 5.79. The minimum Gasteiger partial charge on any atom is -0.490 e. The molecule has 0 bridgehead atoms. The Bertz CT molecular complexity index is 860. The monoisotopic (exact) mass is 525 g/mol. The van der Waals surface area contributed by atoms with E-state index in [9.17, 15) is 9.90 Å². The van der Waals surface area contributed by atoms with Gasteiger partial charge in [-0.2, -0.15) is 0 Å². The fraction of sp³-hybridized carbons (Fsp3) is 0.692. The van der Waals surface area contributed by atoms with Gasteiger partial charge >= 0.3 is 6.09 Å². The van der Waals surface area contributed by atoms with Gasteiger partial charge in [0.1, 0.15) is 12.7 Å². The van der Waals surface area contributed by atoms with E-state index in [-0.39, 0.29) is 31.1 Å². The summed E-state index contributed by atoms with van der Waals surface area (Å²) in [5.41, 5.74) is -0.576. The second-order valence-electron chi connectivity index (χ2n) is 10.0. The van der Waals surface area contributed by atoms with Crippen LogP contribution in [-0.2, 0) is 18.9 Å². The number of hydrogen-bond acceptors (Lipinski definition) is 10. The third kappa shape index (κ3) is 10.7. The van der Waals surface area contributed by atoms with Gasteiger partial charge in [-0.1, -0.05) is 26.0 Å². The Balaban J connectivity index is 1.85. The van der Waals surface area contributed by atoms with Crippen LogP contribution in [0.3, 0.4) is 0 Å². The van der Waals surface area contributed by atoms with E-state index in [2.05, 4.69) is 5.32 Å². The van der Waals surface area contributed by atoms with Gasteiger partial charge in [-0.25, -0.2) is 4.79 Å². The maximum atomic E-state index is 12.7. The van der Waals surface area contributed by atoms with Gasteiger partial charge < -0.3 is 38.4 Å². The molecule has 0 saturated carbocycles. The lowest BCUT2D eigenvalue weighted by Crippen LogP contribution is -2.51. The Hall–Kier alpha value is -2.60. The summed E-state index contributed by atoms with van der Waals surface area (Å²) in [5.74, 6) is 0.992. The molecular formula is C26H43N3O8. The molecule has 1 saturated heterocycles.